The lowest BCUT2D eigenvalue weighted by Gasteiger charge is -2.30. The number of carbonyl (C=O) groups excluding carboxylic acids is 2. The van der Waals surface area contributed by atoms with Gasteiger partial charge in [0.1, 0.15) is 6.61 Å². The SMILES string of the molecule is Cc1ccc(CCC(=O)NCCOC(=O)C2CCN(S(=O)(=O)c3ccc(C)cc3C)CC2)cc1. The fraction of sp³-hybridized carbons (Fsp3) is 0.462. The maximum atomic E-state index is 13.0. The van der Waals surface area contributed by atoms with Gasteiger partial charge < -0.3 is 10.1 Å². The first-order valence-corrected chi connectivity index (χ1v) is 13.2. The van der Waals surface area contributed by atoms with Crippen molar-refractivity contribution >= 4 is 21.9 Å². The second-order valence-corrected chi connectivity index (χ2v) is 10.9. The van der Waals surface area contributed by atoms with Crippen LogP contribution in [-0.4, -0.2) is 50.8 Å². The number of nitrogens with one attached hydrogen (secondary N) is 1. The van der Waals surface area contributed by atoms with Gasteiger partial charge in [0.2, 0.25) is 15.9 Å². The van der Waals surface area contributed by atoms with Gasteiger partial charge in [0, 0.05) is 19.5 Å². The molecule has 0 unspecified atom stereocenters. The van der Waals surface area contributed by atoms with Crippen molar-refractivity contribution in [1.29, 1.82) is 0 Å². The number of amides is 1. The van der Waals surface area contributed by atoms with Gasteiger partial charge in [-0.25, -0.2) is 8.42 Å². The van der Waals surface area contributed by atoms with Crippen LogP contribution in [0.1, 0.15) is 41.5 Å². The van der Waals surface area contributed by atoms with Gasteiger partial charge >= 0.3 is 5.97 Å². The van der Waals surface area contributed by atoms with Gasteiger partial charge in [-0.05, 0) is 57.2 Å². The predicted molar refractivity (Wildman–Crippen MR) is 131 cm³/mol. The summed E-state index contributed by atoms with van der Waals surface area (Å²) in [5.41, 5.74) is 4.03. The smallest absolute Gasteiger partial charge is 0.309 e. The lowest BCUT2D eigenvalue weighted by atomic mass is 9.98. The summed E-state index contributed by atoms with van der Waals surface area (Å²) in [7, 11) is -3.58. The molecular weight excluding hydrogens is 452 g/mol. The molecule has 0 atom stereocenters. The number of piperidine rings is 1. The van der Waals surface area contributed by atoms with Gasteiger partial charge in [-0.2, -0.15) is 4.31 Å². The van der Waals surface area contributed by atoms with Crippen molar-refractivity contribution in [2.75, 3.05) is 26.2 Å². The van der Waals surface area contributed by atoms with E-state index in [1.54, 1.807) is 19.1 Å². The van der Waals surface area contributed by atoms with Gasteiger partial charge in [0.25, 0.3) is 0 Å². The molecule has 184 valence electrons. The molecule has 1 saturated heterocycles. The molecule has 0 radical (unpaired) electrons. The Balaban J connectivity index is 1.36. The Bertz CT molecular complexity index is 1100. The third kappa shape index (κ3) is 6.90. The minimum absolute atomic E-state index is 0.0819. The molecule has 34 heavy (non-hydrogen) atoms. The summed E-state index contributed by atoms with van der Waals surface area (Å²) in [6, 6.07) is 13.4. The van der Waals surface area contributed by atoms with Crippen LogP contribution in [0.15, 0.2) is 47.4 Å². The first-order chi connectivity index (χ1) is 16.2. The molecule has 1 fully saturated rings. The van der Waals surface area contributed by atoms with E-state index in [0.29, 0.717) is 30.6 Å². The van der Waals surface area contributed by atoms with E-state index in [1.165, 1.54) is 9.87 Å². The Morgan fingerprint density at radius 3 is 2.29 bits per heavy atom. The molecule has 0 saturated carbocycles. The largest absolute Gasteiger partial charge is 0.464 e. The van der Waals surface area contributed by atoms with E-state index < -0.39 is 10.0 Å². The molecule has 8 heteroatoms. The fourth-order valence-electron chi connectivity index (χ4n) is 4.12. The van der Waals surface area contributed by atoms with Crippen LogP contribution in [0.3, 0.4) is 0 Å². The number of rotatable bonds is 9. The van der Waals surface area contributed by atoms with Crippen LogP contribution < -0.4 is 5.32 Å². The van der Waals surface area contributed by atoms with E-state index in [2.05, 4.69) is 5.32 Å². The average molecular weight is 487 g/mol. The monoisotopic (exact) mass is 486 g/mol. The molecule has 3 rings (SSSR count). The number of hydrogen-bond acceptors (Lipinski definition) is 5. The molecule has 2 aromatic rings. The molecule has 1 aliphatic heterocycles. The Morgan fingerprint density at radius 2 is 1.65 bits per heavy atom. The van der Waals surface area contributed by atoms with Crippen molar-refractivity contribution in [2.24, 2.45) is 5.92 Å². The number of hydrogen-bond donors (Lipinski definition) is 1. The quantitative estimate of drug-likeness (QED) is 0.434. The van der Waals surface area contributed by atoms with Crippen molar-refractivity contribution in [3.05, 3.63) is 64.7 Å². The molecule has 2 aromatic carbocycles. The van der Waals surface area contributed by atoms with E-state index in [-0.39, 0.29) is 44.0 Å². The summed E-state index contributed by atoms with van der Waals surface area (Å²) in [6.07, 6.45) is 1.89. The van der Waals surface area contributed by atoms with Gasteiger partial charge in [-0.3, -0.25) is 9.59 Å². The van der Waals surface area contributed by atoms with Crippen LogP contribution in [0, 0.1) is 26.7 Å². The van der Waals surface area contributed by atoms with Gasteiger partial charge in [0.15, 0.2) is 0 Å². The average Bonchev–Trinajstić information content (AvgIpc) is 2.81. The molecule has 0 aliphatic carbocycles. The van der Waals surface area contributed by atoms with Crippen LogP contribution >= 0.6 is 0 Å². The van der Waals surface area contributed by atoms with E-state index in [9.17, 15) is 18.0 Å². The molecule has 0 spiro atoms. The third-order valence-electron chi connectivity index (χ3n) is 6.17. The maximum absolute atomic E-state index is 13.0. The summed E-state index contributed by atoms with van der Waals surface area (Å²) in [6.45, 7) is 6.68. The number of esters is 1. The predicted octanol–water partition coefficient (Wildman–Crippen LogP) is 3.30. The van der Waals surface area contributed by atoms with E-state index in [4.69, 9.17) is 4.74 Å². The Labute approximate surface area is 202 Å². The van der Waals surface area contributed by atoms with Crippen molar-refractivity contribution in [3.63, 3.8) is 0 Å². The molecule has 1 aliphatic rings. The molecule has 1 N–H and O–H groups in total. The standard InChI is InChI=1S/C26H34N2O5S/c1-19-4-7-22(8-5-19)9-11-25(29)27-14-17-33-26(30)23-12-15-28(16-13-23)34(31,32)24-10-6-20(2)18-21(24)3/h4-8,10,18,23H,9,11-17H2,1-3H3,(H,27,29). The van der Waals surface area contributed by atoms with E-state index in [1.807, 2.05) is 44.2 Å². The lowest BCUT2D eigenvalue weighted by molar-refractivity contribution is -0.150. The van der Waals surface area contributed by atoms with Crippen LogP contribution in [0.25, 0.3) is 0 Å². The number of carbonyl (C=O) groups is 2. The third-order valence-corrected chi connectivity index (χ3v) is 8.22. The highest BCUT2D eigenvalue weighted by Crippen LogP contribution is 2.26. The number of nitrogens with zero attached hydrogens (tertiary/aromatic N) is 1. The number of sulfonamides is 1. The van der Waals surface area contributed by atoms with Gasteiger partial charge in [0.05, 0.1) is 17.4 Å². The second-order valence-electron chi connectivity index (χ2n) is 8.95. The van der Waals surface area contributed by atoms with Crippen LogP contribution in [-0.2, 0) is 30.8 Å². The zero-order chi connectivity index (χ0) is 24.7. The van der Waals surface area contributed by atoms with Crippen LogP contribution in [0.2, 0.25) is 0 Å². The van der Waals surface area contributed by atoms with Crippen LogP contribution in [0.5, 0.6) is 0 Å². The molecule has 0 aromatic heterocycles. The summed E-state index contributed by atoms with van der Waals surface area (Å²) < 4.78 is 32.8. The molecule has 0 bridgehead atoms. The van der Waals surface area contributed by atoms with Crippen molar-refractivity contribution in [2.45, 2.75) is 51.3 Å². The summed E-state index contributed by atoms with van der Waals surface area (Å²) in [5, 5.41) is 2.77. The van der Waals surface area contributed by atoms with Gasteiger partial charge in [-0.1, -0.05) is 47.5 Å². The number of aryl methyl sites for hydroxylation is 4. The zero-order valence-electron chi connectivity index (χ0n) is 20.2. The van der Waals surface area contributed by atoms with E-state index >= 15 is 0 Å². The van der Waals surface area contributed by atoms with Crippen molar-refractivity contribution < 1.29 is 22.7 Å². The highest BCUT2D eigenvalue weighted by Gasteiger charge is 2.33. The van der Waals surface area contributed by atoms with E-state index in [0.717, 1.165) is 16.7 Å². The van der Waals surface area contributed by atoms with Gasteiger partial charge in [-0.15, -0.1) is 0 Å². The van der Waals surface area contributed by atoms with Crippen LogP contribution in [0.4, 0.5) is 0 Å². The molecule has 1 heterocycles. The Kier molecular flexibility index (Phi) is 8.85. The molecular formula is C26H34N2O5S. The highest BCUT2D eigenvalue weighted by molar-refractivity contribution is 7.89. The Hall–Kier alpha value is -2.71. The highest BCUT2D eigenvalue weighted by atomic mass is 32.2. The first-order valence-electron chi connectivity index (χ1n) is 11.7. The first kappa shape index (κ1) is 25.9. The number of benzene rings is 2. The maximum Gasteiger partial charge on any atom is 0.309 e. The fourth-order valence-corrected chi connectivity index (χ4v) is 5.80. The second kappa shape index (κ2) is 11.6. The summed E-state index contributed by atoms with van der Waals surface area (Å²) in [4.78, 5) is 24.7. The Morgan fingerprint density at radius 1 is 1.00 bits per heavy atom. The van der Waals surface area contributed by atoms with Crippen molar-refractivity contribution in [3.8, 4) is 0 Å². The normalized spacial score (nSPS) is 15.1. The number of ether oxygens (including phenoxy) is 1. The zero-order valence-corrected chi connectivity index (χ0v) is 21.0. The molecule has 1 amide bonds. The topological polar surface area (TPSA) is 92.8 Å². The summed E-state index contributed by atoms with van der Waals surface area (Å²) in [5.74, 6) is -0.748. The summed E-state index contributed by atoms with van der Waals surface area (Å²) >= 11 is 0. The molecule has 7 nitrogen and oxygen atoms in total. The minimum atomic E-state index is -3.58. The lowest BCUT2D eigenvalue weighted by Crippen LogP contribution is -2.41. The van der Waals surface area contributed by atoms with Crippen molar-refractivity contribution in [1.82, 2.24) is 9.62 Å². The minimum Gasteiger partial charge on any atom is -0.464 e.